The van der Waals surface area contributed by atoms with Gasteiger partial charge in [0.25, 0.3) is 0 Å². The number of nitrogens with two attached hydrogens (primary N) is 1. The molecule has 2 aromatic carbocycles. The van der Waals surface area contributed by atoms with E-state index in [1.165, 1.54) is 12.1 Å². The molecule has 2 aromatic rings. The van der Waals surface area contributed by atoms with Crippen molar-refractivity contribution >= 4 is 37.5 Å². The number of piperazine rings is 1. The normalized spacial score (nSPS) is 16.9. The minimum Gasteiger partial charge on any atom is -0.406 e. The van der Waals surface area contributed by atoms with E-state index in [1.807, 2.05) is 12.1 Å². The van der Waals surface area contributed by atoms with E-state index < -0.39 is 6.36 Å². The lowest BCUT2D eigenvalue weighted by Crippen LogP contribution is -2.45. The fourth-order valence-electron chi connectivity index (χ4n) is 3.21. The van der Waals surface area contributed by atoms with E-state index in [0.29, 0.717) is 5.69 Å². The molecule has 0 aromatic heterocycles. The summed E-state index contributed by atoms with van der Waals surface area (Å²) in [6.07, 6.45) is -4.71. The van der Waals surface area contributed by atoms with Crippen LogP contribution in [0.3, 0.4) is 0 Å². The Morgan fingerprint density at radius 1 is 1.07 bits per heavy atom. The van der Waals surface area contributed by atoms with Crippen molar-refractivity contribution in [1.29, 1.82) is 0 Å². The summed E-state index contributed by atoms with van der Waals surface area (Å²) in [5.74, 6) is -0.242. The van der Waals surface area contributed by atoms with Crippen molar-refractivity contribution in [2.45, 2.75) is 12.4 Å². The Hall–Kier alpha value is -1.29. The van der Waals surface area contributed by atoms with Gasteiger partial charge in [-0.2, -0.15) is 0 Å². The van der Waals surface area contributed by atoms with Gasteiger partial charge in [-0.3, -0.25) is 4.90 Å². The lowest BCUT2D eigenvalue weighted by atomic mass is 9.95. The lowest BCUT2D eigenvalue weighted by Gasteiger charge is -2.36. The van der Waals surface area contributed by atoms with E-state index >= 15 is 0 Å². The van der Waals surface area contributed by atoms with Gasteiger partial charge in [0.05, 0.1) is 11.7 Å². The second-order valence-corrected chi connectivity index (χ2v) is 7.97. The van der Waals surface area contributed by atoms with Gasteiger partial charge in [-0.05, 0) is 51.3 Å². The number of nitrogens with zero attached hydrogens (tertiary/aromatic N) is 1. The number of halogens is 5. The smallest absolute Gasteiger partial charge is 0.406 e. The van der Waals surface area contributed by atoms with Crippen LogP contribution in [0.5, 0.6) is 5.75 Å². The van der Waals surface area contributed by atoms with Crippen LogP contribution in [-0.4, -0.2) is 37.4 Å². The van der Waals surface area contributed by atoms with Crippen molar-refractivity contribution in [2.75, 3.05) is 31.9 Å². The SMILES string of the molecule is Nc1c(Br)cc(Br)cc1[C@H](c1ccc(OC(F)(F)F)cc1)N1CCNCC1. The third kappa shape index (κ3) is 5.16. The summed E-state index contributed by atoms with van der Waals surface area (Å²) in [7, 11) is 0. The molecule has 1 aliphatic rings. The van der Waals surface area contributed by atoms with Crippen molar-refractivity contribution in [3.05, 3.63) is 56.5 Å². The fourth-order valence-corrected chi connectivity index (χ4v) is 4.47. The largest absolute Gasteiger partial charge is 0.573 e. The Bertz CT molecular complexity index is 794. The highest BCUT2D eigenvalue weighted by Gasteiger charge is 2.31. The topological polar surface area (TPSA) is 50.5 Å². The van der Waals surface area contributed by atoms with Gasteiger partial charge in [0.15, 0.2) is 0 Å². The first kappa shape index (κ1) is 20.4. The molecule has 1 saturated heterocycles. The molecule has 0 aliphatic carbocycles. The second-order valence-electron chi connectivity index (χ2n) is 6.20. The summed E-state index contributed by atoms with van der Waals surface area (Å²) < 4.78 is 42.9. The number of anilines is 1. The molecule has 0 spiro atoms. The van der Waals surface area contributed by atoms with Crippen molar-refractivity contribution in [1.82, 2.24) is 10.2 Å². The summed E-state index contributed by atoms with van der Waals surface area (Å²) in [5.41, 5.74) is 8.68. The molecule has 1 fully saturated rings. The van der Waals surface area contributed by atoms with Crippen LogP contribution >= 0.6 is 31.9 Å². The molecule has 4 nitrogen and oxygen atoms in total. The van der Waals surface area contributed by atoms with Gasteiger partial charge in [-0.25, -0.2) is 0 Å². The molecular formula is C18H18Br2F3N3O. The zero-order valence-electron chi connectivity index (χ0n) is 14.2. The van der Waals surface area contributed by atoms with E-state index in [9.17, 15) is 13.2 Å². The Morgan fingerprint density at radius 2 is 1.70 bits per heavy atom. The minimum absolute atomic E-state index is 0.180. The minimum atomic E-state index is -4.71. The van der Waals surface area contributed by atoms with Crippen LogP contribution in [-0.2, 0) is 0 Å². The molecule has 0 radical (unpaired) electrons. The quantitative estimate of drug-likeness (QED) is 0.588. The maximum Gasteiger partial charge on any atom is 0.573 e. The molecule has 1 atom stereocenters. The molecule has 0 amide bonds. The van der Waals surface area contributed by atoms with Gasteiger partial charge in [-0.15, -0.1) is 13.2 Å². The zero-order valence-corrected chi connectivity index (χ0v) is 17.4. The molecule has 146 valence electrons. The zero-order chi connectivity index (χ0) is 19.6. The average molecular weight is 509 g/mol. The van der Waals surface area contributed by atoms with Crippen LogP contribution in [0.2, 0.25) is 0 Å². The number of nitrogen functional groups attached to an aromatic ring is 1. The monoisotopic (exact) mass is 507 g/mol. The molecule has 9 heteroatoms. The van der Waals surface area contributed by atoms with Crippen LogP contribution in [0.1, 0.15) is 17.2 Å². The molecular weight excluding hydrogens is 491 g/mol. The summed E-state index contributed by atoms with van der Waals surface area (Å²) in [6, 6.07) is 9.62. The summed E-state index contributed by atoms with van der Waals surface area (Å²) >= 11 is 6.97. The standard InChI is InChI=1S/C18H18Br2F3N3O/c19-12-9-14(16(24)15(20)10-12)17(26-7-5-25-6-8-26)11-1-3-13(4-2-11)27-18(21,22)23/h1-4,9-10,17,25H,5-8,24H2/t17-/m0/s1. The molecule has 3 N–H and O–H groups in total. The molecule has 1 heterocycles. The van der Waals surface area contributed by atoms with Gasteiger partial charge in [0.2, 0.25) is 0 Å². The van der Waals surface area contributed by atoms with E-state index in [-0.39, 0.29) is 11.8 Å². The Balaban J connectivity index is 2.00. The second kappa shape index (κ2) is 8.38. The summed E-state index contributed by atoms with van der Waals surface area (Å²) in [4.78, 5) is 2.26. The Labute approximate surface area is 172 Å². The summed E-state index contributed by atoms with van der Waals surface area (Å²) in [5, 5.41) is 3.31. The van der Waals surface area contributed by atoms with E-state index in [4.69, 9.17) is 5.73 Å². The number of hydrogen-bond acceptors (Lipinski definition) is 4. The lowest BCUT2D eigenvalue weighted by molar-refractivity contribution is -0.274. The summed E-state index contributed by atoms with van der Waals surface area (Å²) in [6.45, 7) is 3.27. The van der Waals surface area contributed by atoms with Gasteiger partial charge < -0.3 is 15.8 Å². The predicted molar refractivity (Wildman–Crippen MR) is 106 cm³/mol. The highest BCUT2D eigenvalue weighted by molar-refractivity contribution is 9.11. The van der Waals surface area contributed by atoms with Crippen molar-refractivity contribution in [3.63, 3.8) is 0 Å². The maximum atomic E-state index is 12.4. The van der Waals surface area contributed by atoms with Gasteiger partial charge in [0, 0.05) is 35.1 Å². The van der Waals surface area contributed by atoms with E-state index in [2.05, 4.69) is 46.8 Å². The molecule has 0 bridgehead atoms. The number of benzene rings is 2. The third-order valence-corrected chi connectivity index (χ3v) is 5.48. The Kier molecular flexibility index (Phi) is 6.35. The molecule has 27 heavy (non-hydrogen) atoms. The molecule has 3 rings (SSSR count). The van der Waals surface area contributed by atoms with Crippen LogP contribution in [0.4, 0.5) is 18.9 Å². The van der Waals surface area contributed by atoms with Gasteiger partial charge in [-0.1, -0.05) is 28.1 Å². The van der Waals surface area contributed by atoms with Crippen molar-refractivity contribution < 1.29 is 17.9 Å². The van der Waals surface area contributed by atoms with E-state index in [1.54, 1.807) is 12.1 Å². The van der Waals surface area contributed by atoms with Gasteiger partial charge in [0.1, 0.15) is 5.75 Å². The van der Waals surface area contributed by atoms with Crippen LogP contribution < -0.4 is 15.8 Å². The van der Waals surface area contributed by atoms with Crippen molar-refractivity contribution in [3.8, 4) is 5.75 Å². The highest BCUT2D eigenvalue weighted by Crippen LogP contribution is 2.38. The number of nitrogens with one attached hydrogen (secondary N) is 1. The average Bonchev–Trinajstić information content (AvgIpc) is 2.60. The number of ether oxygens (including phenoxy) is 1. The maximum absolute atomic E-state index is 12.4. The van der Waals surface area contributed by atoms with Crippen LogP contribution in [0.25, 0.3) is 0 Å². The number of alkyl halides is 3. The highest BCUT2D eigenvalue weighted by atomic mass is 79.9. The molecule has 0 saturated carbocycles. The predicted octanol–water partition coefficient (Wildman–Crippen LogP) is 4.69. The fraction of sp³-hybridized carbons (Fsp3) is 0.333. The molecule has 1 aliphatic heterocycles. The van der Waals surface area contributed by atoms with Crippen LogP contribution in [0, 0.1) is 0 Å². The molecule has 0 unspecified atom stereocenters. The Morgan fingerprint density at radius 3 is 2.30 bits per heavy atom. The van der Waals surface area contributed by atoms with Crippen molar-refractivity contribution in [2.24, 2.45) is 0 Å². The number of hydrogen-bond donors (Lipinski definition) is 2. The first-order valence-electron chi connectivity index (χ1n) is 8.29. The third-order valence-electron chi connectivity index (χ3n) is 4.37. The number of rotatable bonds is 4. The van der Waals surface area contributed by atoms with E-state index in [0.717, 1.165) is 46.3 Å². The van der Waals surface area contributed by atoms with Gasteiger partial charge >= 0.3 is 6.36 Å². The first-order valence-corrected chi connectivity index (χ1v) is 9.88. The van der Waals surface area contributed by atoms with Crippen LogP contribution in [0.15, 0.2) is 45.3 Å². The first-order chi connectivity index (χ1) is 12.7.